The van der Waals surface area contributed by atoms with Crippen molar-refractivity contribution in [3.8, 4) is 0 Å². The van der Waals surface area contributed by atoms with E-state index in [0.29, 0.717) is 37.2 Å². The second-order valence-corrected chi connectivity index (χ2v) is 10.4. The van der Waals surface area contributed by atoms with Crippen molar-refractivity contribution in [1.29, 1.82) is 0 Å². The van der Waals surface area contributed by atoms with Gasteiger partial charge in [0, 0.05) is 18.5 Å². The molecule has 1 aliphatic heterocycles. The second-order valence-electron chi connectivity index (χ2n) is 6.94. The zero-order valence-corrected chi connectivity index (χ0v) is 20.2. The Morgan fingerprint density at radius 3 is 2.70 bits per heavy atom. The number of hydrogen-bond donors (Lipinski definition) is 3. The topological polar surface area (TPSA) is 130 Å². The minimum absolute atomic E-state index is 0.120. The van der Waals surface area contributed by atoms with Crippen molar-refractivity contribution in [2.24, 2.45) is 0 Å². The fourth-order valence-electron chi connectivity index (χ4n) is 2.93. The van der Waals surface area contributed by atoms with E-state index in [9.17, 15) is 22.4 Å². The first-order valence-corrected chi connectivity index (χ1v) is 13.7. The summed E-state index contributed by atoms with van der Waals surface area (Å²) in [6, 6.07) is 3.66. The Hall–Kier alpha value is -2.26. The van der Waals surface area contributed by atoms with E-state index >= 15 is 0 Å². The highest BCUT2D eigenvalue weighted by atomic mass is 32.2. The molecule has 33 heavy (non-hydrogen) atoms. The minimum atomic E-state index is -4.30. The zero-order valence-electron chi connectivity index (χ0n) is 17.7. The summed E-state index contributed by atoms with van der Waals surface area (Å²) in [5, 5.41) is 2.24. The number of nitrogens with one attached hydrogen (secondary N) is 3. The highest BCUT2D eigenvalue weighted by Gasteiger charge is 2.28. The number of thiazole rings is 1. The standard InChI is InChI=1S/C19H24FN5O5S3/c1-31-11-6-14(24-33(28,29)16-5-3-2-4-13(16)20)17(26)22-23-18(27)15-12-32-19(21-15)25-7-9-30-10-8-25/h2-5,12,14,24H,6-11H2,1H3,(H,22,26)(H,23,27)/t14-/m1/s1. The minimum Gasteiger partial charge on any atom is -0.378 e. The number of aromatic nitrogens is 1. The largest absolute Gasteiger partial charge is 0.378 e. The first-order chi connectivity index (χ1) is 15.8. The average molecular weight is 518 g/mol. The van der Waals surface area contributed by atoms with Crippen LogP contribution in [-0.4, -0.2) is 69.6 Å². The lowest BCUT2D eigenvalue weighted by atomic mass is 10.2. The maximum Gasteiger partial charge on any atom is 0.289 e. The van der Waals surface area contributed by atoms with E-state index in [1.54, 1.807) is 11.6 Å². The molecular formula is C19H24FN5O5S3. The summed E-state index contributed by atoms with van der Waals surface area (Å²) in [4.78, 5) is 30.8. The van der Waals surface area contributed by atoms with Gasteiger partial charge in [-0.25, -0.2) is 17.8 Å². The number of thioether (sulfide) groups is 1. The summed E-state index contributed by atoms with van der Waals surface area (Å²) in [6.45, 7) is 2.50. The molecule has 3 rings (SSSR count). The van der Waals surface area contributed by atoms with E-state index in [1.165, 1.54) is 35.2 Å². The van der Waals surface area contributed by atoms with Gasteiger partial charge in [-0.3, -0.25) is 20.4 Å². The molecule has 10 nitrogen and oxygen atoms in total. The quantitative estimate of drug-likeness (QED) is 0.420. The van der Waals surface area contributed by atoms with Gasteiger partial charge in [0.15, 0.2) is 5.13 Å². The van der Waals surface area contributed by atoms with Crippen LogP contribution in [0.3, 0.4) is 0 Å². The van der Waals surface area contributed by atoms with Gasteiger partial charge in [-0.1, -0.05) is 12.1 Å². The molecule has 180 valence electrons. The monoisotopic (exact) mass is 517 g/mol. The van der Waals surface area contributed by atoms with Gasteiger partial charge in [-0.05, 0) is 30.6 Å². The predicted octanol–water partition coefficient (Wildman–Crippen LogP) is 0.980. The van der Waals surface area contributed by atoms with E-state index in [0.717, 1.165) is 12.1 Å². The number of carbonyl (C=O) groups is 2. The van der Waals surface area contributed by atoms with E-state index in [1.807, 2.05) is 4.90 Å². The van der Waals surface area contributed by atoms with Crippen molar-refractivity contribution in [2.45, 2.75) is 17.4 Å². The van der Waals surface area contributed by atoms with Gasteiger partial charge in [0.05, 0.1) is 13.2 Å². The van der Waals surface area contributed by atoms with Crippen LogP contribution in [0.2, 0.25) is 0 Å². The molecule has 0 unspecified atom stereocenters. The Morgan fingerprint density at radius 1 is 1.27 bits per heavy atom. The fourth-order valence-corrected chi connectivity index (χ4v) is 5.57. The number of amides is 2. The Kier molecular flexibility index (Phi) is 9.02. The van der Waals surface area contributed by atoms with Crippen LogP contribution in [0.5, 0.6) is 0 Å². The van der Waals surface area contributed by atoms with Gasteiger partial charge in [-0.2, -0.15) is 16.5 Å². The Balaban J connectivity index is 1.62. The third-order valence-corrected chi connectivity index (χ3v) is 7.71. The molecule has 0 radical (unpaired) electrons. The summed E-state index contributed by atoms with van der Waals surface area (Å²) in [6.07, 6.45) is 1.94. The number of sulfonamides is 1. The van der Waals surface area contributed by atoms with E-state index in [-0.39, 0.29) is 12.1 Å². The summed E-state index contributed by atoms with van der Waals surface area (Å²) in [5.41, 5.74) is 4.61. The van der Waals surface area contributed by atoms with Crippen LogP contribution in [-0.2, 0) is 19.6 Å². The number of anilines is 1. The van der Waals surface area contributed by atoms with Crippen molar-refractivity contribution < 1.29 is 27.1 Å². The van der Waals surface area contributed by atoms with Crippen LogP contribution in [0, 0.1) is 5.82 Å². The van der Waals surface area contributed by atoms with Gasteiger partial charge in [0.1, 0.15) is 22.4 Å². The van der Waals surface area contributed by atoms with Gasteiger partial charge in [-0.15, -0.1) is 11.3 Å². The summed E-state index contributed by atoms with van der Waals surface area (Å²) < 4.78 is 46.7. The van der Waals surface area contributed by atoms with Crippen LogP contribution in [0.1, 0.15) is 16.9 Å². The summed E-state index contributed by atoms with van der Waals surface area (Å²) in [5.74, 6) is -1.89. The number of rotatable bonds is 9. The highest BCUT2D eigenvalue weighted by Crippen LogP contribution is 2.21. The van der Waals surface area contributed by atoms with Crippen molar-refractivity contribution in [3.63, 3.8) is 0 Å². The number of morpholine rings is 1. The van der Waals surface area contributed by atoms with Crippen LogP contribution in [0.25, 0.3) is 0 Å². The zero-order chi connectivity index (χ0) is 23.8. The molecule has 2 amide bonds. The lowest BCUT2D eigenvalue weighted by molar-refractivity contribution is -0.123. The van der Waals surface area contributed by atoms with E-state index in [2.05, 4.69) is 20.6 Å². The molecule has 1 atom stereocenters. The van der Waals surface area contributed by atoms with Gasteiger partial charge in [0.2, 0.25) is 10.0 Å². The third-order valence-electron chi connectivity index (χ3n) is 4.66. The number of benzene rings is 1. The summed E-state index contributed by atoms with van der Waals surface area (Å²) >= 11 is 2.71. The average Bonchev–Trinajstić information content (AvgIpc) is 3.31. The molecule has 1 saturated heterocycles. The number of nitrogens with zero attached hydrogens (tertiary/aromatic N) is 2. The van der Waals surface area contributed by atoms with Crippen molar-refractivity contribution in [3.05, 3.63) is 41.2 Å². The number of hydrazine groups is 1. The van der Waals surface area contributed by atoms with Crippen LogP contribution in [0.4, 0.5) is 9.52 Å². The van der Waals surface area contributed by atoms with E-state index < -0.39 is 38.6 Å². The van der Waals surface area contributed by atoms with Crippen LogP contribution >= 0.6 is 23.1 Å². The van der Waals surface area contributed by atoms with Crippen molar-refractivity contribution >= 4 is 50.1 Å². The maximum absolute atomic E-state index is 14.0. The molecule has 1 aromatic carbocycles. The molecule has 1 aromatic heterocycles. The van der Waals surface area contributed by atoms with Crippen molar-refractivity contribution in [2.75, 3.05) is 43.2 Å². The van der Waals surface area contributed by atoms with Gasteiger partial charge >= 0.3 is 0 Å². The first kappa shape index (κ1) is 25.4. The molecule has 2 aromatic rings. The highest BCUT2D eigenvalue weighted by molar-refractivity contribution is 7.98. The SMILES string of the molecule is CSCC[C@@H](NS(=O)(=O)c1ccccc1F)C(=O)NNC(=O)c1csc(N2CCOCC2)n1. The molecule has 0 bridgehead atoms. The molecule has 0 saturated carbocycles. The van der Waals surface area contributed by atoms with Crippen LogP contribution in [0.15, 0.2) is 34.5 Å². The normalized spacial score (nSPS) is 15.2. The lowest BCUT2D eigenvalue weighted by Gasteiger charge is -2.25. The Labute approximate surface area is 199 Å². The fraction of sp³-hybridized carbons (Fsp3) is 0.421. The Bertz CT molecular complexity index is 1080. The number of hydrogen-bond acceptors (Lipinski definition) is 9. The maximum atomic E-state index is 14.0. The lowest BCUT2D eigenvalue weighted by Crippen LogP contribution is -2.52. The van der Waals surface area contributed by atoms with E-state index in [4.69, 9.17) is 4.74 Å². The third kappa shape index (κ3) is 6.86. The smallest absolute Gasteiger partial charge is 0.289 e. The summed E-state index contributed by atoms with van der Waals surface area (Å²) in [7, 11) is -4.30. The van der Waals surface area contributed by atoms with Crippen LogP contribution < -0.4 is 20.5 Å². The molecule has 1 fully saturated rings. The molecule has 0 spiro atoms. The molecule has 1 aliphatic rings. The predicted molar refractivity (Wildman–Crippen MR) is 124 cm³/mol. The molecule has 14 heteroatoms. The second kappa shape index (κ2) is 11.7. The molecule has 0 aliphatic carbocycles. The Morgan fingerprint density at radius 2 is 2.00 bits per heavy atom. The first-order valence-electron chi connectivity index (χ1n) is 9.96. The van der Waals surface area contributed by atoms with Gasteiger partial charge < -0.3 is 9.64 Å². The molecule has 3 N–H and O–H groups in total. The number of carbonyl (C=O) groups excluding carboxylic acids is 2. The van der Waals surface area contributed by atoms with Gasteiger partial charge in [0.25, 0.3) is 11.8 Å². The number of halogens is 1. The molecular weight excluding hydrogens is 493 g/mol. The molecule has 2 heterocycles. The van der Waals surface area contributed by atoms with Crippen molar-refractivity contribution in [1.82, 2.24) is 20.6 Å². The number of ether oxygens (including phenoxy) is 1.